The lowest BCUT2D eigenvalue weighted by Crippen LogP contribution is -2.08. The van der Waals surface area contributed by atoms with E-state index in [1.54, 1.807) is 19.1 Å². The quantitative estimate of drug-likeness (QED) is 0.724. The number of pyridine rings is 1. The number of aryl methyl sites for hydroxylation is 1. The van der Waals surface area contributed by atoms with Crippen molar-refractivity contribution in [2.45, 2.75) is 27.4 Å². The van der Waals surface area contributed by atoms with E-state index in [1.165, 1.54) is 13.8 Å². The highest BCUT2D eigenvalue weighted by atomic mass is 16.5. The molecule has 86 valence electrons. The van der Waals surface area contributed by atoms with E-state index in [1.807, 2.05) is 0 Å². The maximum Gasteiger partial charge on any atom is 0.308 e. The minimum atomic E-state index is -0.435. The maximum absolute atomic E-state index is 10.8. The number of hydrogen-bond donors (Lipinski definition) is 0. The van der Waals surface area contributed by atoms with Crippen LogP contribution in [0.15, 0.2) is 12.1 Å². The van der Waals surface area contributed by atoms with Gasteiger partial charge in [0.15, 0.2) is 5.75 Å². The zero-order valence-electron chi connectivity index (χ0n) is 9.44. The van der Waals surface area contributed by atoms with Crippen molar-refractivity contribution >= 4 is 11.9 Å². The van der Waals surface area contributed by atoms with Gasteiger partial charge in [-0.15, -0.1) is 0 Å². The van der Waals surface area contributed by atoms with Crippen molar-refractivity contribution in [2.75, 3.05) is 0 Å². The average molecular weight is 223 g/mol. The fourth-order valence-corrected chi connectivity index (χ4v) is 1.12. The maximum atomic E-state index is 10.8. The third-order valence-corrected chi connectivity index (χ3v) is 1.74. The Morgan fingerprint density at radius 3 is 2.50 bits per heavy atom. The van der Waals surface area contributed by atoms with Gasteiger partial charge in [0.25, 0.3) is 0 Å². The van der Waals surface area contributed by atoms with Crippen LogP contribution in [0, 0.1) is 6.92 Å². The van der Waals surface area contributed by atoms with Crippen LogP contribution in [0.25, 0.3) is 0 Å². The number of carbonyl (C=O) groups is 2. The van der Waals surface area contributed by atoms with Crippen molar-refractivity contribution in [3.8, 4) is 5.75 Å². The van der Waals surface area contributed by atoms with Crippen LogP contribution in [-0.2, 0) is 20.9 Å². The van der Waals surface area contributed by atoms with E-state index in [2.05, 4.69) is 4.98 Å². The summed E-state index contributed by atoms with van der Waals surface area (Å²) < 4.78 is 9.75. The van der Waals surface area contributed by atoms with Crippen molar-refractivity contribution in [2.24, 2.45) is 0 Å². The number of ether oxygens (including phenoxy) is 2. The summed E-state index contributed by atoms with van der Waals surface area (Å²) in [6.07, 6.45) is 0. The monoisotopic (exact) mass is 223 g/mol. The fourth-order valence-electron chi connectivity index (χ4n) is 1.12. The summed E-state index contributed by atoms with van der Waals surface area (Å²) in [5.41, 5.74) is 1.20. The van der Waals surface area contributed by atoms with Gasteiger partial charge in [0.05, 0.1) is 0 Å². The van der Waals surface area contributed by atoms with Gasteiger partial charge in [0.1, 0.15) is 12.3 Å². The van der Waals surface area contributed by atoms with E-state index in [9.17, 15) is 9.59 Å². The molecule has 1 aromatic heterocycles. The summed E-state index contributed by atoms with van der Waals surface area (Å²) in [4.78, 5) is 25.7. The Labute approximate surface area is 93.4 Å². The number of carbonyl (C=O) groups excluding carboxylic acids is 2. The van der Waals surface area contributed by atoms with Gasteiger partial charge < -0.3 is 9.47 Å². The van der Waals surface area contributed by atoms with Gasteiger partial charge in [0.2, 0.25) is 0 Å². The van der Waals surface area contributed by atoms with Crippen LogP contribution in [0.4, 0.5) is 0 Å². The molecule has 0 aliphatic rings. The van der Waals surface area contributed by atoms with Gasteiger partial charge in [-0.2, -0.15) is 0 Å². The molecule has 5 nitrogen and oxygen atoms in total. The summed E-state index contributed by atoms with van der Waals surface area (Å²) in [6, 6.07) is 3.35. The first-order valence-electron chi connectivity index (χ1n) is 4.77. The molecule has 0 saturated heterocycles. The van der Waals surface area contributed by atoms with Crippen molar-refractivity contribution < 1.29 is 19.1 Å². The summed E-state index contributed by atoms with van der Waals surface area (Å²) >= 11 is 0. The molecule has 0 aliphatic carbocycles. The van der Waals surface area contributed by atoms with Crippen LogP contribution in [0.1, 0.15) is 25.2 Å². The van der Waals surface area contributed by atoms with E-state index in [0.29, 0.717) is 11.4 Å². The van der Waals surface area contributed by atoms with Crippen LogP contribution >= 0.6 is 0 Å². The van der Waals surface area contributed by atoms with Crippen molar-refractivity contribution in [1.29, 1.82) is 0 Å². The largest absolute Gasteiger partial charge is 0.459 e. The van der Waals surface area contributed by atoms with E-state index in [0.717, 1.165) is 5.69 Å². The predicted octanol–water partition coefficient (Wildman–Crippen LogP) is 1.38. The lowest BCUT2D eigenvalue weighted by Gasteiger charge is -2.08. The number of aromatic nitrogens is 1. The molecule has 0 unspecified atom stereocenters. The Morgan fingerprint density at radius 2 is 1.94 bits per heavy atom. The molecule has 0 aromatic carbocycles. The molecule has 1 rings (SSSR count). The Hall–Kier alpha value is -1.91. The molecule has 0 spiro atoms. The molecule has 0 amide bonds. The third-order valence-electron chi connectivity index (χ3n) is 1.74. The van der Waals surface area contributed by atoms with Crippen LogP contribution < -0.4 is 4.74 Å². The highest BCUT2D eigenvalue weighted by Crippen LogP contribution is 2.18. The lowest BCUT2D eigenvalue weighted by molar-refractivity contribution is -0.142. The highest BCUT2D eigenvalue weighted by Gasteiger charge is 2.09. The van der Waals surface area contributed by atoms with E-state index in [4.69, 9.17) is 9.47 Å². The van der Waals surface area contributed by atoms with Gasteiger partial charge in [-0.25, -0.2) is 0 Å². The minimum Gasteiger partial charge on any atom is -0.459 e. The van der Waals surface area contributed by atoms with Crippen LogP contribution in [0.2, 0.25) is 0 Å². The molecule has 0 bridgehead atoms. The van der Waals surface area contributed by atoms with Crippen molar-refractivity contribution in [1.82, 2.24) is 4.98 Å². The molecule has 0 atom stereocenters. The molecule has 1 aromatic rings. The second-order valence-electron chi connectivity index (χ2n) is 3.27. The van der Waals surface area contributed by atoms with Gasteiger partial charge in [-0.1, -0.05) is 0 Å². The first-order valence-corrected chi connectivity index (χ1v) is 4.77. The number of rotatable bonds is 3. The molecule has 0 saturated carbocycles. The second-order valence-corrected chi connectivity index (χ2v) is 3.27. The normalized spacial score (nSPS) is 9.69. The Balaban J connectivity index is 2.89. The first-order chi connectivity index (χ1) is 7.49. The zero-order chi connectivity index (χ0) is 12.1. The SMILES string of the molecule is CC(=O)OCc1nc(C)ccc1OC(C)=O. The zero-order valence-corrected chi connectivity index (χ0v) is 9.44. The lowest BCUT2D eigenvalue weighted by atomic mass is 10.3. The Bertz CT molecular complexity index is 414. The van der Waals surface area contributed by atoms with E-state index in [-0.39, 0.29) is 6.61 Å². The molecule has 0 radical (unpaired) electrons. The second kappa shape index (κ2) is 5.25. The van der Waals surface area contributed by atoms with Crippen LogP contribution in [-0.4, -0.2) is 16.9 Å². The fraction of sp³-hybridized carbons (Fsp3) is 0.364. The molecule has 1 heterocycles. The standard InChI is InChI=1S/C11H13NO4/c1-7-4-5-11(16-9(3)14)10(12-7)6-15-8(2)13/h4-5H,6H2,1-3H3. The van der Waals surface area contributed by atoms with E-state index >= 15 is 0 Å². The molecule has 0 N–H and O–H groups in total. The molecule has 5 heteroatoms. The summed E-state index contributed by atoms with van der Waals surface area (Å²) in [5.74, 6) is -0.522. The number of nitrogens with zero attached hydrogens (tertiary/aromatic N) is 1. The van der Waals surface area contributed by atoms with Crippen molar-refractivity contribution in [3.05, 3.63) is 23.5 Å². The third kappa shape index (κ3) is 3.68. The van der Waals surface area contributed by atoms with Gasteiger partial charge in [-0.05, 0) is 19.1 Å². The Kier molecular flexibility index (Phi) is 3.99. The number of hydrogen-bond acceptors (Lipinski definition) is 5. The average Bonchev–Trinajstić information content (AvgIpc) is 2.17. The predicted molar refractivity (Wildman–Crippen MR) is 55.8 cm³/mol. The smallest absolute Gasteiger partial charge is 0.308 e. The number of esters is 2. The highest BCUT2D eigenvalue weighted by molar-refractivity contribution is 5.69. The topological polar surface area (TPSA) is 65.5 Å². The summed E-state index contributed by atoms with van der Waals surface area (Å²) in [5, 5.41) is 0. The molecular weight excluding hydrogens is 210 g/mol. The van der Waals surface area contributed by atoms with E-state index < -0.39 is 11.9 Å². The van der Waals surface area contributed by atoms with Gasteiger partial charge in [-0.3, -0.25) is 14.6 Å². The van der Waals surface area contributed by atoms with Crippen LogP contribution in [0.3, 0.4) is 0 Å². The Morgan fingerprint density at radius 1 is 1.25 bits per heavy atom. The molecular formula is C11H13NO4. The summed E-state index contributed by atoms with van der Waals surface area (Å²) in [7, 11) is 0. The first kappa shape index (κ1) is 12.2. The summed E-state index contributed by atoms with van der Waals surface area (Å²) in [6.45, 7) is 4.41. The molecule has 0 fully saturated rings. The van der Waals surface area contributed by atoms with Crippen molar-refractivity contribution in [3.63, 3.8) is 0 Å². The van der Waals surface area contributed by atoms with Gasteiger partial charge in [0, 0.05) is 19.5 Å². The van der Waals surface area contributed by atoms with Gasteiger partial charge >= 0.3 is 11.9 Å². The van der Waals surface area contributed by atoms with Crippen LogP contribution in [0.5, 0.6) is 5.75 Å². The molecule has 0 aliphatic heterocycles. The minimum absolute atomic E-state index is 0.000370. The molecule has 16 heavy (non-hydrogen) atoms.